The van der Waals surface area contributed by atoms with Gasteiger partial charge in [0.25, 0.3) is 0 Å². The Morgan fingerprint density at radius 1 is 0.420 bits per heavy atom. The third-order valence-corrected chi connectivity index (χ3v) is 9.22. The van der Waals surface area contributed by atoms with Crippen LogP contribution >= 0.6 is 0 Å². The zero-order chi connectivity index (χ0) is 35.0. The maximum absolute atomic E-state index is 10.6. The van der Waals surface area contributed by atoms with Crippen molar-refractivity contribution in [2.75, 3.05) is 0 Å². The smallest absolute Gasteiger partial charge is 0.111 e. The van der Waals surface area contributed by atoms with E-state index in [-0.39, 0.29) is 36.3 Å². The van der Waals surface area contributed by atoms with Crippen LogP contribution in [0, 0.1) is 11.8 Å². The minimum absolute atomic E-state index is 0.182. The summed E-state index contributed by atoms with van der Waals surface area (Å²) in [6.45, 7) is 6.20. The van der Waals surface area contributed by atoms with Gasteiger partial charge in [-0.3, -0.25) is 0 Å². The molecule has 6 rings (SSSR count). The number of aliphatic hydroxyl groups is 2. The van der Waals surface area contributed by atoms with Crippen LogP contribution in [0.5, 0.6) is 0 Å². The second-order valence-electron chi connectivity index (χ2n) is 13.2. The Morgan fingerprint density at radius 2 is 0.680 bits per heavy atom. The molecule has 6 heteroatoms. The van der Waals surface area contributed by atoms with Crippen molar-refractivity contribution in [3.8, 4) is 0 Å². The molecule has 0 aromatic heterocycles. The summed E-state index contributed by atoms with van der Waals surface area (Å²) in [5, 5.41) is 21.1. The number of hydrogen-bond acceptors (Lipinski definition) is 6. The number of aliphatic hydroxyl groups excluding tert-OH is 2. The lowest BCUT2D eigenvalue weighted by Crippen LogP contribution is -2.43. The first kappa shape index (κ1) is 37.4. The van der Waals surface area contributed by atoms with Crippen molar-refractivity contribution in [3.05, 3.63) is 168 Å². The highest BCUT2D eigenvalue weighted by atomic mass is 16.6. The molecule has 4 aromatic carbocycles. The highest BCUT2D eigenvalue weighted by Crippen LogP contribution is 2.27. The minimum Gasteiger partial charge on any atom is -0.390 e. The van der Waals surface area contributed by atoms with Crippen molar-refractivity contribution in [2.45, 2.75) is 89.7 Å². The summed E-state index contributed by atoms with van der Waals surface area (Å²) in [4.78, 5) is 0. The average Bonchev–Trinajstić information content (AvgIpc) is 3.38. The van der Waals surface area contributed by atoms with Gasteiger partial charge in [0.05, 0.1) is 50.8 Å². The number of ether oxygens (including phenoxy) is 4. The Labute approximate surface area is 298 Å². The molecule has 0 aliphatic heterocycles. The lowest BCUT2D eigenvalue weighted by molar-refractivity contribution is -0.139. The Bertz CT molecular complexity index is 1430. The third kappa shape index (κ3) is 11.6. The maximum Gasteiger partial charge on any atom is 0.111 e. The Hall–Kier alpha value is -3.88. The normalized spacial score (nSPS) is 26.3. The van der Waals surface area contributed by atoms with Crippen molar-refractivity contribution in [3.63, 3.8) is 0 Å². The first-order chi connectivity index (χ1) is 24.5. The van der Waals surface area contributed by atoms with E-state index in [2.05, 4.69) is 26.0 Å². The van der Waals surface area contributed by atoms with E-state index in [1.165, 1.54) is 0 Å². The molecule has 0 amide bonds. The molecule has 264 valence electrons. The van der Waals surface area contributed by atoms with Crippen LogP contribution in [0.4, 0.5) is 0 Å². The molecule has 0 bridgehead atoms. The molecule has 0 unspecified atom stereocenters. The van der Waals surface area contributed by atoms with Crippen molar-refractivity contribution >= 4 is 0 Å². The summed E-state index contributed by atoms with van der Waals surface area (Å²) in [6, 6.07) is 40.3. The molecule has 2 aliphatic carbocycles. The van der Waals surface area contributed by atoms with Crippen molar-refractivity contribution in [2.24, 2.45) is 11.8 Å². The second kappa shape index (κ2) is 20.1. The molecule has 0 heterocycles. The summed E-state index contributed by atoms with van der Waals surface area (Å²) in [6.07, 6.45) is 7.27. The molecule has 0 radical (unpaired) electrons. The molecular formula is C44H52O6. The van der Waals surface area contributed by atoms with Gasteiger partial charge in [-0.05, 0) is 35.1 Å². The lowest BCUT2D eigenvalue weighted by Gasteiger charge is -2.32. The first-order valence-corrected chi connectivity index (χ1v) is 17.8. The van der Waals surface area contributed by atoms with Gasteiger partial charge in [-0.25, -0.2) is 0 Å². The van der Waals surface area contributed by atoms with Crippen LogP contribution in [-0.2, 0) is 45.4 Å². The van der Waals surface area contributed by atoms with Crippen LogP contribution in [0.15, 0.2) is 146 Å². The van der Waals surface area contributed by atoms with Crippen LogP contribution in [0.3, 0.4) is 0 Å². The zero-order valence-electron chi connectivity index (χ0n) is 29.2. The summed E-state index contributed by atoms with van der Waals surface area (Å²) in [5.74, 6) is 0.364. The number of benzene rings is 4. The van der Waals surface area contributed by atoms with E-state index in [0.717, 1.165) is 22.3 Å². The van der Waals surface area contributed by atoms with Crippen LogP contribution in [0.2, 0.25) is 0 Å². The Balaban J connectivity index is 0.000000194. The van der Waals surface area contributed by atoms with E-state index in [0.29, 0.717) is 39.3 Å². The molecule has 50 heavy (non-hydrogen) atoms. The fourth-order valence-electron chi connectivity index (χ4n) is 6.36. The first-order valence-electron chi connectivity index (χ1n) is 17.8. The van der Waals surface area contributed by atoms with Gasteiger partial charge in [0.1, 0.15) is 12.2 Å². The van der Waals surface area contributed by atoms with Gasteiger partial charge < -0.3 is 29.2 Å². The lowest BCUT2D eigenvalue weighted by atomic mass is 9.98. The second-order valence-corrected chi connectivity index (χ2v) is 13.2. The topological polar surface area (TPSA) is 77.4 Å². The van der Waals surface area contributed by atoms with Gasteiger partial charge in [0.2, 0.25) is 0 Å². The van der Waals surface area contributed by atoms with Crippen LogP contribution in [0.25, 0.3) is 0 Å². The molecule has 2 aliphatic rings. The molecule has 0 saturated carbocycles. The standard InChI is InChI=1S/2C22H26O3/c2*1-17-9-8-14-20(23)22(25-16-19-12-6-3-7-13-19)21(17)24-15-18-10-4-2-5-11-18/h2*2-13,17,20-23H,14-16H2,1H3/t17-,20+,21-,22-;17-,20-,21-,22-/m00/s1. The van der Waals surface area contributed by atoms with Crippen molar-refractivity contribution < 1.29 is 29.2 Å². The van der Waals surface area contributed by atoms with Crippen LogP contribution < -0.4 is 0 Å². The van der Waals surface area contributed by atoms with E-state index in [4.69, 9.17) is 18.9 Å². The van der Waals surface area contributed by atoms with Crippen LogP contribution in [-0.4, -0.2) is 46.8 Å². The monoisotopic (exact) mass is 676 g/mol. The molecule has 8 atom stereocenters. The number of rotatable bonds is 12. The third-order valence-electron chi connectivity index (χ3n) is 9.22. The minimum atomic E-state index is -0.564. The molecule has 0 saturated heterocycles. The molecule has 6 nitrogen and oxygen atoms in total. The number of hydrogen-bond donors (Lipinski definition) is 2. The summed E-state index contributed by atoms with van der Waals surface area (Å²) >= 11 is 0. The van der Waals surface area contributed by atoms with Crippen molar-refractivity contribution in [1.82, 2.24) is 0 Å². The predicted molar refractivity (Wildman–Crippen MR) is 198 cm³/mol. The quantitative estimate of drug-likeness (QED) is 0.147. The zero-order valence-corrected chi connectivity index (χ0v) is 29.2. The fourth-order valence-corrected chi connectivity index (χ4v) is 6.36. The molecular weight excluding hydrogens is 624 g/mol. The van der Waals surface area contributed by atoms with E-state index in [1.807, 2.05) is 133 Å². The van der Waals surface area contributed by atoms with E-state index in [9.17, 15) is 10.2 Å². The van der Waals surface area contributed by atoms with E-state index < -0.39 is 12.2 Å². The molecule has 2 N–H and O–H groups in total. The highest BCUT2D eigenvalue weighted by Gasteiger charge is 2.36. The fraction of sp³-hybridized carbons (Fsp3) is 0.364. The summed E-state index contributed by atoms with van der Waals surface area (Å²) in [5.41, 5.74) is 4.45. The van der Waals surface area contributed by atoms with Gasteiger partial charge in [-0.2, -0.15) is 0 Å². The maximum atomic E-state index is 10.6. The summed E-state index contributed by atoms with van der Waals surface area (Å²) < 4.78 is 24.6. The average molecular weight is 677 g/mol. The Morgan fingerprint density at radius 3 is 0.960 bits per heavy atom. The van der Waals surface area contributed by atoms with Gasteiger partial charge in [0.15, 0.2) is 0 Å². The van der Waals surface area contributed by atoms with Gasteiger partial charge in [-0.1, -0.05) is 159 Å². The molecule has 4 aromatic rings. The van der Waals surface area contributed by atoms with Gasteiger partial charge in [-0.15, -0.1) is 0 Å². The predicted octanol–water partition coefficient (Wildman–Crippen LogP) is 8.23. The molecule has 0 spiro atoms. The van der Waals surface area contributed by atoms with Crippen LogP contribution in [0.1, 0.15) is 48.9 Å². The SMILES string of the molecule is C[C@H]1C=CC[C@@H](O)[C@H](OCc2ccccc2)[C@H]1OCc1ccccc1.C[C@H]1C=CC[C@H](O)[C@H](OCc2ccccc2)[C@H]1OCc1ccccc1. The Kier molecular flexibility index (Phi) is 15.0. The van der Waals surface area contributed by atoms with Gasteiger partial charge in [0, 0.05) is 11.8 Å². The van der Waals surface area contributed by atoms with Crippen molar-refractivity contribution in [1.29, 1.82) is 0 Å². The largest absolute Gasteiger partial charge is 0.390 e. The van der Waals surface area contributed by atoms with E-state index in [1.54, 1.807) is 0 Å². The highest BCUT2D eigenvalue weighted by molar-refractivity contribution is 5.16. The van der Waals surface area contributed by atoms with E-state index >= 15 is 0 Å². The van der Waals surface area contributed by atoms with Gasteiger partial charge >= 0.3 is 0 Å². The summed E-state index contributed by atoms with van der Waals surface area (Å²) in [7, 11) is 0. The molecule has 0 fully saturated rings.